The summed E-state index contributed by atoms with van der Waals surface area (Å²) in [5, 5.41) is 3.71. The van der Waals surface area contributed by atoms with Crippen LogP contribution >= 0.6 is 11.6 Å². The summed E-state index contributed by atoms with van der Waals surface area (Å²) in [5.41, 5.74) is 13.3. The van der Waals surface area contributed by atoms with Crippen LogP contribution in [0.5, 0.6) is 5.75 Å². The third kappa shape index (κ3) is 5.01. The smallest absolute Gasteiger partial charge is 0.276 e. The standard InChI is InChI=1S/C19H19ClN6O2/c1-12-7-8-13(20)9-15(12)24-18-17(21)19(23-11-22-18)26-25-16(27)10-28-14-5-3-2-4-6-14/h2-9,11H,10,21H2,1H3,(H,25,27)(H2,22,23,24,26). The van der Waals surface area contributed by atoms with Gasteiger partial charge in [0.05, 0.1) is 0 Å². The fraction of sp³-hybridized carbons (Fsp3) is 0.105. The van der Waals surface area contributed by atoms with E-state index in [2.05, 4.69) is 26.1 Å². The van der Waals surface area contributed by atoms with E-state index in [1.165, 1.54) is 6.33 Å². The fourth-order valence-electron chi connectivity index (χ4n) is 2.28. The molecule has 28 heavy (non-hydrogen) atoms. The van der Waals surface area contributed by atoms with Gasteiger partial charge in [0.15, 0.2) is 18.2 Å². The van der Waals surface area contributed by atoms with Crippen LogP contribution in [0.1, 0.15) is 5.56 Å². The molecule has 1 heterocycles. The normalized spacial score (nSPS) is 10.2. The van der Waals surface area contributed by atoms with Crippen molar-refractivity contribution in [3.05, 3.63) is 65.4 Å². The lowest BCUT2D eigenvalue weighted by atomic mass is 10.2. The molecule has 0 aliphatic carbocycles. The second kappa shape index (κ2) is 8.92. The number of aryl methyl sites for hydroxylation is 1. The number of aromatic nitrogens is 2. The van der Waals surface area contributed by atoms with Crippen LogP contribution in [0.4, 0.5) is 23.0 Å². The molecule has 3 aromatic rings. The summed E-state index contributed by atoms with van der Waals surface area (Å²) >= 11 is 6.04. The number of nitrogens with zero attached hydrogens (tertiary/aromatic N) is 2. The summed E-state index contributed by atoms with van der Waals surface area (Å²) in [6, 6.07) is 14.5. The largest absolute Gasteiger partial charge is 0.484 e. The Balaban J connectivity index is 1.61. The van der Waals surface area contributed by atoms with Gasteiger partial charge in [0.1, 0.15) is 17.8 Å². The molecule has 0 atom stereocenters. The topological polar surface area (TPSA) is 114 Å². The number of amides is 1. The Morgan fingerprint density at radius 3 is 2.68 bits per heavy atom. The molecule has 3 rings (SSSR count). The zero-order chi connectivity index (χ0) is 19.9. The number of carbonyl (C=O) groups is 1. The zero-order valence-corrected chi connectivity index (χ0v) is 15.8. The van der Waals surface area contributed by atoms with Gasteiger partial charge in [0, 0.05) is 10.7 Å². The third-order valence-corrected chi connectivity index (χ3v) is 4.01. The molecule has 0 fully saturated rings. The first kappa shape index (κ1) is 19.2. The lowest BCUT2D eigenvalue weighted by molar-refractivity contribution is -0.122. The molecule has 1 amide bonds. The first-order valence-corrected chi connectivity index (χ1v) is 8.77. The summed E-state index contributed by atoms with van der Waals surface area (Å²) < 4.78 is 5.37. The van der Waals surface area contributed by atoms with Crippen molar-refractivity contribution in [2.24, 2.45) is 0 Å². The highest BCUT2D eigenvalue weighted by atomic mass is 35.5. The van der Waals surface area contributed by atoms with Crippen LogP contribution in [0.25, 0.3) is 0 Å². The van der Waals surface area contributed by atoms with Crippen LogP contribution < -0.4 is 26.6 Å². The van der Waals surface area contributed by atoms with Crippen LogP contribution in [0, 0.1) is 6.92 Å². The number of halogens is 1. The SMILES string of the molecule is Cc1ccc(Cl)cc1Nc1ncnc(NNC(=O)COc2ccccc2)c1N. The number of hydrogen-bond acceptors (Lipinski definition) is 7. The van der Waals surface area contributed by atoms with Gasteiger partial charge in [-0.2, -0.15) is 0 Å². The van der Waals surface area contributed by atoms with Crippen molar-refractivity contribution in [1.29, 1.82) is 0 Å². The van der Waals surface area contributed by atoms with Crippen molar-refractivity contribution in [2.75, 3.05) is 23.1 Å². The number of anilines is 4. The van der Waals surface area contributed by atoms with E-state index in [9.17, 15) is 4.79 Å². The Bertz CT molecular complexity index is 968. The van der Waals surface area contributed by atoms with E-state index in [4.69, 9.17) is 22.1 Å². The molecule has 9 heteroatoms. The van der Waals surface area contributed by atoms with Crippen LogP contribution in [0.3, 0.4) is 0 Å². The Labute approximate surface area is 167 Å². The van der Waals surface area contributed by atoms with E-state index in [0.717, 1.165) is 11.3 Å². The fourth-order valence-corrected chi connectivity index (χ4v) is 2.45. The van der Waals surface area contributed by atoms with Crippen molar-refractivity contribution in [3.8, 4) is 5.75 Å². The number of hydrazine groups is 1. The second-order valence-corrected chi connectivity index (χ2v) is 6.28. The number of ether oxygens (including phenoxy) is 1. The van der Waals surface area contributed by atoms with Gasteiger partial charge < -0.3 is 15.8 Å². The molecule has 0 radical (unpaired) electrons. The highest BCUT2D eigenvalue weighted by Gasteiger charge is 2.11. The van der Waals surface area contributed by atoms with Crippen molar-refractivity contribution < 1.29 is 9.53 Å². The van der Waals surface area contributed by atoms with Crippen molar-refractivity contribution in [3.63, 3.8) is 0 Å². The van der Waals surface area contributed by atoms with Crippen molar-refractivity contribution >= 4 is 40.5 Å². The molecule has 0 aliphatic heterocycles. The lowest BCUT2D eigenvalue weighted by Gasteiger charge is -2.14. The quantitative estimate of drug-likeness (QED) is 0.451. The Morgan fingerprint density at radius 1 is 1.14 bits per heavy atom. The molecule has 1 aromatic heterocycles. The van der Waals surface area contributed by atoms with Gasteiger partial charge in [-0.25, -0.2) is 9.97 Å². The number of rotatable bonds is 7. The minimum absolute atomic E-state index is 0.158. The van der Waals surface area contributed by atoms with E-state index in [1.54, 1.807) is 24.3 Å². The van der Waals surface area contributed by atoms with Crippen LogP contribution in [0.15, 0.2) is 54.9 Å². The molecule has 0 saturated carbocycles. The average Bonchev–Trinajstić information content (AvgIpc) is 2.70. The van der Waals surface area contributed by atoms with E-state index < -0.39 is 0 Å². The van der Waals surface area contributed by atoms with Gasteiger partial charge in [-0.3, -0.25) is 15.6 Å². The number of nitrogen functional groups attached to an aromatic ring is 1. The number of carbonyl (C=O) groups excluding carboxylic acids is 1. The maximum absolute atomic E-state index is 11.9. The molecule has 0 spiro atoms. The first-order chi connectivity index (χ1) is 13.5. The summed E-state index contributed by atoms with van der Waals surface area (Å²) in [5.74, 6) is 0.854. The number of nitrogens with two attached hydrogens (primary N) is 1. The molecule has 0 unspecified atom stereocenters. The number of benzene rings is 2. The molecule has 0 saturated heterocycles. The number of nitrogens with one attached hydrogen (secondary N) is 3. The van der Waals surface area contributed by atoms with Crippen molar-refractivity contribution in [2.45, 2.75) is 6.92 Å². The highest BCUT2D eigenvalue weighted by Crippen LogP contribution is 2.28. The second-order valence-electron chi connectivity index (χ2n) is 5.84. The summed E-state index contributed by atoms with van der Waals surface area (Å²) in [4.78, 5) is 20.1. The summed E-state index contributed by atoms with van der Waals surface area (Å²) in [6.07, 6.45) is 1.33. The minimum atomic E-state index is -0.387. The predicted molar refractivity (Wildman–Crippen MR) is 110 cm³/mol. The maximum atomic E-state index is 11.9. The van der Waals surface area contributed by atoms with Crippen LogP contribution in [0.2, 0.25) is 5.02 Å². The first-order valence-electron chi connectivity index (χ1n) is 8.39. The monoisotopic (exact) mass is 398 g/mol. The molecule has 0 aliphatic rings. The van der Waals surface area contributed by atoms with Gasteiger partial charge in [0.2, 0.25) is 0 Å². The zero-order valence-electron chi connectivity index (χ0n) is 15.1. The maximum Gasteiger partial charge on any atom is 0.276 e. The predicted octanol–water partition coefficient (Wildman–Crippen LogP) is 3.29. The van der Waals surface area contributed by atoms with Crippen LogP contribution in [-0.4, -0.2) is 22.5 Å². The van der Waals surface area contributed by atoms with E-state index >= 15 is 0 Å². The van der Waals surface area contributed by atoms with Gasteiger partial charge in [0.25, 0.3) is 5.91 Å². The molecule has 2 aromatic carbocycles. The highest BCUT2D eigenvalue weighted by molar-refractivity contribution is 6.30. The molecule has 8 nitrogen and oxygen atoms in total. The Hall–Kier alpha value is -3.52. The van der Waals surface area contributed by atoms with Gasteiger partial charge in [-0.1, -0.05) is 35.9 Å². The molecular weight excluding hydrogens is 380 g/mol. The van der Waals surface area contributed by atoms with Gasteiger partial charge >= 0.3 is 0 Å². The third-order valence-electron chi connectivity index (χ3n) is 3.77. The number of hydrogen-bond donors (Lipinski definition) is 4. The Kier molecular flexibility index (Phi) is 6.13. The Morgan fingerprint density at radius 2 is 1.89 bits per heavy atom. The number of para-hydroxylation sites is 1. The van der Waals surface area contributed by atoms with E-state index in [0.29, 0.717) is 16.6 Å². The average molecular weight is 399 g/mol. The lowest BCUT2D eigenvalue weighted by Crippen LogP contribution is -2.34. The molecule has 5 N–H and O–H groups in total. The van der Waals surface area contributed by atoms with E-state index in [1.807, 2.05) is 31.2 Å². The molecular formula is C19H19ClN6O2. The van der Waals surface area contributed by atoms with Crippen molar-refractivity contribution in [1.82, 2.24) is 15.4 Å². The molecule has 0 bridgehead atoms. The van der Waals surface area contributed by atoms with Gasteiger partial charge in [-0.15, -0.1) is 0 Å². The minimum Gasteiger partial charge on any atom is -0.484 e. The van der Waals surface area contributed by atoms with Crippen LogP contribution in [-0.2, 0) is 4.79 Å². The van der Waals surface area contributed by atoms with Gasteiger partial charge in [-0.05, 0) is 36.8 Å². The summed E-state index contributed by atoms with van der Waals surface area (Å²) in [6.45, 7) is 1.77. The van der Waals surface area contributed by atoms with E-state index in [-0.39, 0.29) is 24.0 Å². The molecule has 144 valence electrons. The summed E-state index contributed by atoms with van der Waals surface area (Å²) in [7, 11) is 0.